The third-order valence-corrected chi connectivity index (χ3v) is 11.7. The van der Waals surface area contributed by atoms with Gasteiger partial charge in [0.25, 0.3) is 0 Å². The number of hydrogen-bond acceptors (Lipinski definition) is 6. The number of para-hydroxylation sites is 1. The van der Waals surface area contributed by atoms with Crippen molar-refractivity contribution >= 4 is 21.8 Å². The fourth-order valence-electron chi connectivity index (χ4n) is 8.60. The molecule has 0 bridgehead atoms. The lowest BCUT2D eigenvalue weighted by Crippen LogP contribution is -2.06. The van der Waals surface area contributed by atoms with Crippen LogP contribution < -0.4 is 0 Å². The van der Waals surface area contributed by atoms with E-state index in [1.165, 1.54) is 0 Å². The summed E-state index contributed by atoms with van der Waals surface area (Å²) < 4.78 is 2.25. The van der Waals surface area contributed by atoms with Crippen LogP contribution in [0.4, 0.5) is 0 Å². The third kappa shape index (κ3) is 7.26. The molecule has 0 aliphatic carbocycles. The number of benzene rings is 8. The quantitative estimate of drug-likeness (QED) is 0.151. The topological polar surface area (TPSA) is 104 Å². The summed E-state index contributed by atoms with van der Waals surface area (Å²) >= 11 is 0. The third-order valence-electron chi connectivity index (χ3n) is 11.7. The first kappa shape index (κ1) is 38.6. The van der Waals surface area contributed by atoms with Gasteiger partial charge in [-0.25, -0.2) is 19.9 Å². The normalized spacial score (nSPS) is 11.0. The maximum Gasteiger partial charge on any atom is 0.162 e. The molecule has 0 aliphatic rings. The standard InChI is InChI=1S/C58H35N7/c59-36-38-16-15-25-44(30-38)45-28-29-47-46-26-13-14-27-54(46)65(55(47)33-45)56-48(57-61-50(40-17-5-1-6-18-40)34-51(62-57)41-19-7-2-8-20-41)31-39(37-60)32-49(56)58-63-52(42-21-9-3-10-22-42)35-53(64-58)43-23-11-4-12-24-43/h1-35H. The highest BCUT2D eigenvalue weighted by Gasteiger charge is 2.26. The first-order chi connectivity index (χ1) is 32.1. The molecule has 11 aromatic rings. The monoisotopic (exact) mass is 829 g/mol. The van der Waals surface area contributed by atoms with Crippen LogP contribution in [0.5, 0.6) is 0 Å². The van der Waals surface area contributed by atoms with Crippen molar-refractivity contribution < 1.29 is 0 Å². The van der Waals surface area contributed by atoms with Gasteiger partial charge in [0.1, 0.15) is 0 Å². The van der Waals surface area contributed by atoms with Gasteiger partial charge in [0.2, 0.25) is 0 Å². The Hall–Kier alpha value is -9.30. The first-order valence-electron chi connectivity index (χ1n) is 21.2. The van der Waals surface area contributed by atoms with E-state index in [4.69, 9.17) is 19.9 Å². The largest absolute Gasteiger partial charge is 0.308 e. The van der Waals surface area contributed by atoms with Crippen LogP contribution in [0.1, 0.15) is 11.1 Å². The average molecular weight is 830 g/mol. The van der Waals surface area contributed by atoms with Crippen molar-refractivity contribution in [3.05, 3.63) is 223 Å². The lowest BCUT2D eigenvalue weighted by molar-refractivity contribution is 1.12. The molecule has 7 nitrogen and oxygen atoms in total. The number of rotatable bonds is 8. The minimum Gasteiger partial charge on any atom is -0.308 e. The molecule has 0 spiro atoms. The molecule has 0 N–H and O–H groups in total. The Kier molecular flexibility index (Phi) is 9.82. The summed E-state index contributed by atoms with van der Waals surface area (Å²) in [6.07, 6.45) is 0. The van der Waals surface area contributed by atoms with Gasteiger partial charge in [-0.15, -0.1) is 0 Å². The molecule has 302 valence electrons. The number of fused-ring (bicyclic) bond motifs is 3. The van der Waals surface area contributed by atoms with Gasteiger partial charge in [-0.2, -0.15) is 10.5 Å². The zero-order valence-corrected chi connectivity index (χ0v) is 34.8. The van der Waals surface area contributed by atoms with Crippen LogP contribution in [0.25, 0.3) is 106 Å². The van der Waals surface area contributed by atoms with Gasteiger partial charge in [-0.1, -0.05) is 164 Å². The van der Waals surface area contributed by atoms with Crippen molar-refractivity contribution in [2.24, 2.45) is 0 Å². The molecule has 65 heavy (non-hydrogen) atoms. The number of nitrogens with zero attached hydrogens (tertiary/aromatic N) is 7. The Morgan fingerprint density at radius 3 is 1.22 bits per heavy atom. The minimum absolute atomic E-state index is 0.401. The van der Waals surface area contributed by atoms with Gasteiger partial charge in [0.15, 0.2) is 11.6 Å². The van der Waals surface area contributed by atoms with E-state index in [0.717, 1.165) is 78.0 Å². The maximum absolute atomic E-state index is 10.9. The molecule has 0 unspecified atom stereocenters. The Morgan fingerprint density at radius 2 is 0.738 bits per heavy atom. The molecule has 11 rings (SSSR count). The summed E-state index contributed by atoms with van der Waals surface area (Å²) in [7, 11) is 0. The van der Waals surface area contributed by atoms with E-state index in [0.29, 0.717) is 39.6 Å². The Labute approximate surface area is 375 Å². The molecule has 0 aliphatic heterocycles. The molecule has 8 aromatic carbocycles. The van der Waals surface area contributed by atoms with E-state index < -0.39 is 0 Å². The Bertz CT molecular complexity index is 3400. The van der Waals surface area contributed by atoms with Crippen LogP contribution in [0.3, 0.4) is 0 Å². The summed E-state index contributed by atoms with van der Waals surface area (Å²) in [5, 5.41) is 22.8. The molecular weight excluding hydrogens is 795 g/mol. The molecule has 0 fully saturated rings. The fraction of sp³-hybridized carbons (Fsp3) is 0. The van der Waals surface area contributed by atoms with Crippen molar-refractivity contribution in [2.45, 2.75) is 0 Å². The number of hydrogen-bond donors (Lipinski definition) is 0. The zero-order chi connectivity index (χ0) is 43.7. The average Bonchev–Trinajstić information content (AvgIpc) is 3.72. The molecular formula is C58H35N7. The Balaban J connectivity index is 1.30. The second kappa shape index (κ2) is 16.5. The summed E-state index contributed by atoms with van der Waals surface area (Å²) in [6.45, 7) is 0. The molecule has 7 heteroatoms. The smallest absolute Gasteiger partial charge is 0.162 e. The maximum atomic E-state index is 10.9. The first-order valence-corrected chi connectivity index (χ1v) is 21.2. The summed E-state index contributed by atoms with van der Waals surface area (Å²) in [5.74, 6) is 0.870. The van der Waals surface area contributed by atoms with E-state index in [9.17, 15) is 10.5 Å². The van der Waals surface area contributed by atoms with Crippen LogP contribution in [-0.2, 0) is 0 Å². The van der Waals surface area contributed by atoms with Gasteiger partial charge in [0.05, 0.1) is 62.8 Å². The highest BCUT2D eigenvalue weighted by Crippen LogP contribution is 2.43. The van der Waals surface area contributed by atoms with Gasteiger partial charge < -0.3 is 4.57 Å². The van der Waals surface area contributed by atoms with Crippen LogP contribution in [0.2, 0.25) is 0 Å². The van der Waals surface area contributed by atoms with Crippen LogP contribution >= 0.6 is 0 Å². The Morgan fingerprint density at radius 1 is 0.323 bits per heavy atom. The van der Waals surface area contributed by atoms with Gasteiger partial charge >= 0.3 is 0 Å². The predicted octanol–water partition coefficient (Wildman–Crippen LogP) is 13.8. The van der Waals surface area contributed by atoms with Crippen molar-refractivity contribution in [3.8, 4) is 96.8 Å². The van der Waals surface area contributed by atoms with E-state index in [-0.39, 0.29) is 0 Å². The summed E-state index contributed by atoms with van der Waals surface area (Å²) in [5.41, 5.74) is 13.3. The molecule has 3 aromatic heterocycles. The number of nitriles is 2. The zero-order valence-electron chi connectivity index (χ0n) is 34.8. The minimum atomic E-state index is 0.401. The lowest BCUT2D eigenvalue weighted by atomic mass is 9.98. The molecule has 0 radical (unpaired) electrons. The SMILES string of the molecule is N#Cc1cccc(-c2ccc3c4ccccc4n(-c4c(-c5nc(-c6ccccc6)cc(-c6ccccc6)n5)cc(C#N)cc4-c4nc(-c5ccccc5)cc(-c5ccccc5)n4)c3c2)c1. The molecule has 0 amide bonds. The van der Waals surface area contributed by atoms with Crippen molar-refractivity contribution in [2.75, 3.05) is 0 Å². The van der Waals surface area contributed by atoms with Crippen molar-refractivity contribution in [3.63, 3.8) is 0 Å². The molecule has 0 atom stereocenters. The summed E-state index contributed by atoms with van der Waals surface area (Å²) in [4.78, 5) is 21.4. The predicted molar refractivity (Wildman–Crippen MR) is 259 cm³/mol. The van der Waals surface area contributed by atoms with Crippen LogP contribution in [0, 0.1) is 22.7 Å². The van der Waals surface area contributed by atoms with E-state index >= 15 is 0 Å². The van der Waals surface area contributed by atoms with E-state index in [2.05, 4.69) is 47.0 Å². The molecule has 3 heterocycles. The van der Waals surface area contributed by atoms with Gasteiger partial charge in [0, 0.05) is 44.2 Å². The second-order valence-electron chi connectivity index (χ2n) is 15.7. The molecule has 0 saturated carbocycles. The fourth-order valence-corrected chi connectivity index (χ4v) is 8.60. The van der Waals surface area contributed by atoms with Gasteiger partial charge in [-0.3, -0.25) is 0 Å². The van der Waals surface area contributed by atoms with Crippen LogP contribution in [0.15, 0.2) is 212 Å². The second-order valence-corrected chi connectivity index (χ2v) is 15.7. The lowest BCUT2D eigenvalue weighted by Gasteiger charge is -2.20. The van der Waals surface area contributed by atoms with Gasteiger partial charge in [-0.05, 0) is 59.7 Å². The summed E-state index contributed by atoms with van der Waals surface area (Å²) in [6, 6.07) is 75.3. The van der Waals surface area contributed by atoms with E-state index in [1.807, 2.05) is 182 Å². The molecule has 0 saturated heterocycles. The number of aromatic nitrogens is 5. The highest BCUT2D eigenvalue weighted by molar-refractivity contribution is 6.11. The van der Waals surface area contributed by atoms with Crippen LogP contribution in [-0.4, -0.2) is 24.5 Å². The van der Waals surface area contributed by atoms with Crippen molar-refractivity contribution in [1.29, 1.82) is 10.5 Å². The van der Waals surface area contributed by atoms with Crippen molar-refractivity contribution in [1.82, 2.24) is 24.5 Å². The highest BCUT2D eigenvalue weighted by atomic mass is 15.0. The van der Waals surface area contributed by atoms with E-state index in [1.54, 1.807) is 0 Å².